The van der Waals surface area contributed by atoms with Crippen LogP contribution in [0.5, 0.6) is 11.5 Å². The maximum atomic E-state index is 5.81. The fourth-order valence-electron chi connectivity index (χ4n) is 2.86. The van der Waals surface area contributed by atoms with Crippen LogP contribution >= 0.6 is 0 Å². The first-order chi connectivity index (χ1) is 13.8. The first kappa shape index (κ1) is 17.9. The summed E-state index contributed by atoms with van der Waals surface area (Å²) < 4.78 is 17.8. The normalized spacial score (nSPS) is 10.9. The van der Waals surface area contributed by atoms with Crippen molar-refractivity contribution in [2.75, 3.05) is 27.4 Å². The van der Waals surface area contributed by atoms with E-state index in [9.17, 15) is 0 Å². The number of fused-ring (bicyclic) bond motifs is 1. The minimum absolute atomic E-state index is 0.467. The van der Waals surface area contributed by atoms with Crippen molar-refractivity contribution in [2.45, 2.75) is 0 Å². The van der Waals surface area contributed by atoms with E-state index in [4.69, 9.17) is 19.2 Å². The van der Waals surface area contributed by atoms with Crippen molar-refractivity contribution in [3.05, 3.63) is 60.8 Å². The highest BCUT2D eigenvalue weighted by Gasteiger charge is 2.10. The van der Waals surface area contributed by atoms with Gasteiger partial charge in [0.05, 0.1) is 31.3 Å². The van der Waals surface area contributed by atoms with Crippen molar-refractivity contribution >= 4 is 10.9 Å². The maximum absolute atomic E-state index is 5.81. The Labute approximate surface area is 162 Å². The van der Waals surface area contributed by atoms with Gasteiger partial charge in [-0.05, 0) is 36.4 Å². The third-order valence-corrected chi connectivity index (χ3v) is 4.32. The van der Waals surface area contributed by atoms with E-state index in [1.165, 1.54) is 0 Å². The molecule has 0 saturated heterocycles. The first-order valence-electron chi connectivity index (χ1n) is 8.87. The molecule has 4 rings (SSSR count). The van der Waals surface area contributed by atoms with E-state index in [-0.39, 0.29) is 0 Å². The zero-order valence-corrected chi connectivity index (χ0v) is 15.7. The molecule has 0 aliphatic heterocycles. The van der Waals surface area contributed by atoms with Gasteiger partial charge in [-0.25, -0.2) is 9.67 Å². The molecule has 2 aromatic carbocycles. The molecule has 142 valence electrons. The van der Waals surface area contributed by atoms with Gasteiger partial charge in [0.25, 0.3) is 0 Å². The monoisotopic (exact) mass is 376 g/mol. The third kappa shape index (κ3) is 3.65. The van der Waals surface area contributed by atoms with Crippen LogP contribution in [-0.4, -0.2) is 47.4 Å². The summed E-state index contributed by atoms with van der Waals surface area (Å²) >= 11 is 0. The molecule has 0 fully saturated rings. The van der Waals surface area contributed by atoms with Crippen LogP contribution in [0, 0.1) is 0 Å². The lowest BCUT2D eigenvalue weighted by Gasteiger charge is -2.09. The molecule has 0 atom stereocenters. The Morgan fingerprint density at radius 1 is 0.893 bits per heavy atom. The van der Waals surface area contributed by atoms with Gasteiger partial charge in [-0.2, -0.15) is 0 Å². The second-order valence-corrected chi connectivity index (χ2v) is 6.11. The Bertz CT molecular complexity index is 1080. The summed E-state index contributed by atoms with van der Waals surface area (Å²) in [6, 6.07) is 17.4. The zero-order chi connectivity index (χ0) is 19.3. The second-order valence-electron chi connectivity index (χ2n) is 6.11. The highest BCUT2D eigenvalue weighted by atomic mass is 16.5. The van der Waals surface area contributed by atoms with Crippen LogP contribution in [-0.2, 0) is 4.74 Å². The van der Waals surface area contributed by atoms with Gasteiger partial charge >= 0.3 is 0 Å². The van der Waals surface area contributed by atoms with Crippen molar-refractivity contribution in [3.8, 4) is 28.6 Å². The minimum atomic E-state index is 0.467. The lowest BCUT2D eigenvalue weighted by molar-refractivity contribution is 0.147. The van der Waals surface area contributed by atoms with E-state index in [1.807, 2.05) is 60.8 Å². The van der Waals surface area contributed by atoms with Crippen LogP contribution in [0.15, 0.2) is 60.8 Å². The Morgan fingerprint density at radius 3 is 2.54 bits per heavy atom. The number of hydrogen-bond donors (Lipinski definition) is 0. The van der Waals surface area contributed by atoms with Crippen LogP contribution in [0.25, 0.3) is 28.0 Å². The topological polar surface area (TPSA) is 71.3 Å². The van der Waals surface area contributed by atoms with Gasteiger partial charge in [-0.3, -0.25) is 0 Å². The van der Waals surface area contributed by atoms with Crippen LogP contribution in [0.1, 0.15) is 0 Å². The van der Waals surface area contributed by atoms with Crippen molar-refractivity contribution in [2.24, 2.45) is 0 Å². The van der Waals surface area contributed by atoms with Gasteiger partial charge in [-0.15, -0.1) is 5.10 Å². The highest BCUT2D eigenvalue weighted by Crippen LogP contribution is 2.27. The van der Waals surface area contributed by atoms with Crippen molar-refractivity contribution in [1.82, 2.24) is 20.0 Å². The molecule has 0 saturated carbocycles. The van der Waals surface area contributed by atoms with E-state index in [1.54, 1.807) is 18.9 Å². The van der Waals surface area contributed by atoms with Gasteiger partial charge in [0.1, 0.15) is 29.3 Å². The predicted molar refractivity (Wildman–Crippen MR) is 106 cm³/mol. The molecule has 0 bridgehead atoms. The Kier molecular flexibility index (Phi) is 5.16. The molecule has 7 heteroatoms. The zero-order valence-electron chi connectivity index (χ0n) is 15.7. The number of benzene rings is 2. The molecule has 0 aliphatic rings. The van der Waals surface area contributed by atoms with E-state index in [0.717, 1.165) is 33.8 Å². The van der Waals surface area contributed by atoms with E-state index in [2.05, 4.69) is 10.3 Å². The predicted octanol–water partition coefficient (Wildman–Crippen LogP) is 3.52. The number of nitrogens with zero attached hydrogens (tertiary/aromatic N) is 4. The summed E-state index contributed by atoms with van der Waals surface area (Å²) in [5.74, 6) is 1.51. The molecule has 0 radical (unpaired) electrons. The fraction of sp³-hybridized carbons (Fsp3) is 0.190. The number of aromatic nitrogens is 4. The third-order valence-electron chi connectivity index (χ3n) is 4.32. The molecular weight excluding hydrogens is 356 g/mol. The lowest BCUT2D eigenvalue weighted by Crippen LogP contribution is -2.04. The van der Waals surface area contributed by atoms with Gasteiger partial charge in [0.15, 0.2) is 0 Å². The maximum Gasteiger partial charge on any atom is 0.145 e. The quantitative estimate of drug-likeness (QED) is 0.460. The second kappa shape index (κ2) is 8.06. The highest BCUT2D eigenvalue weighted by molar-refractivity contribution is 5.86. The molecular formula is C21H20N4O3. The molecule has 4 aromatic rings. The summed E-state index contributed by atoms with van der Waals surface area (Å²) in [6.07, 6.45) is 1.85. The SMILES string of the molecule is COCCOc1cccc2ccc(-c3cn(-c4ccc(OC)cc4)nn3)nc12. The Balaban J connectivity index is 1.65. The van der Waals surface area contributed by atoms with Gasteiger partial charge in [-0.1, -0.05) is 23.4 Å². The molecule has 7 nitrogen and oxygen atoms in total. The molecule has 2 heterocycles. The molecule has 0 amide bonds. The summed E-state index contributed by atoms with van der Waals surface area (Å²) in [6.45, 7) is 0.988. The Hall–Kier alpha value is -3.45. The van der Waals surface area contributed by atoms with E-state index >= 15 is 0 Å². The van der Waals surface area contributed by atoms with Gasteiger partial charge in [0, 0.05) is 12.5 Å². The van der Waals surface area contributed by atoms with Crippen LogP contribution < -0.4 is 9.47 Å². The number of pyridine rings is 1. The minimum Gasteiger partial charge on any atom is -0.497 e. The summed E-state index contributed by atoms with van der Waals surface area (Å²) in [4.78, 5) is 4.76. The average molecular weight is 376 g/mol. The first-order valence-corrected chi connectivity index (χ1v) is 8.87. The smallest absolute Gasteiger partial charge is 0.145 e. The van der Waals surface area contributed by atoms with Crippen molar-refractivity contribution < 1.29 is 14.2 Å². The van der Waals surface area contributed by atoms with Crippen molar-refractivity contribution in [3.63, 3.8) is 0 Å². The number of hydrogen-bond acceptors (Lipinski definition) is 6. The summed E-state index contributed by atoms with van der Waals surface area (Å²) in [5, 5.41) is 9.50. The molecule has 28 heavy (non-hydrogen) atoms. The van der Waals surface area contributed by atoms with Crippen molar-refractivity contribution in [1.29, 1.82) is 0 Å². The van der Waals surface area contributed by atoms with Crippen LogP contribution in [0.3, 0.4) is 0 Å². The largest absolute Gasteiger partial charge is 0.497 e. The van der Waals surface area contributed by atoms with E-state index < -0.39 is 0 Å². The summed E-state index contributed by atoms with van der Waals surface area (Å²) in [5.41, 5.74) is 3.10. The standard InChI is InChI=1S/C21H20N4O3/c1-26-12-13-28-20-5-3-4-15-6-11-18(22-21(15)20)19-14-25(24-23-19)16-7-9-17(27-2)10-8-16/h3-11,14H,12-13H2,1-2H3. The lowest BCUT2D eigenvalue weighted by atomic mass is 10.1. The molecule has 0 unspecified atom stereocenters. The number of methoxy groups -OCH3 is 2. The Morgan fingerprint density at radius 2 is 1.75 bits per heavy atom. The van der Waals surface area contributed by atoms with Gasteiger partial charge in [0.2, 0.25) is 0 Å². The van der Waals surface area contributed by atoms with E-state index in [0.29, 0.717) is 18.9 Å². The molecule has 0 N–H and O–H groups in total. The molecule has 0 aliphatic carbocycles. The van der Waals surface area contributed by atoms with Crippen LogP contribution in [0.4, 0.5) is 0 Å². The average Bonchev–Trinajstić information content (AvgIpc) is 3.24. The van der Waals surface area contributed by atoms with Crippen LogP contribution in [0.2, 0.25) is 0 Å². The number of para-hydroxylation sites is 1. The molecule has 2 aromatic heterocycles. The number of ether oxygens (including phenoxy) is 3. The fourth-order valence-corrected chi connectivity index (χ4v) is 2.86. The number of rotatable bonds is 7. The summed E-state index contributed by atoms with van der Waals surface area (Å²) in [7, 11) is 3.29. The molecule has 0 spiro atoms. The van der Waals surface area contributed by atoms with Gasteiger partial charge < -0.3 is 14.2 Å².